The summed E-state index contributed by atoms with van der Waals surface area (Å²) in [5.41, 5.74) is 0. The van der Waals surface area contributed by atoms with Crippen LogP contribution in [0.25, 0.3) is 0 Å². The van der Waals surface area contributed by atoms with E-state index < -0.39 is 10.0 Å². The lowest BCUT2D eigenvalue weighted by Crippen LogP contribution is -2.53. The smallest absolute Gasteiger partial charge is 0.225 e. The SMILES string of the molecule is CS(=O)(=O)NC1CCN(c2ccccn2)CC1COC1CCN(c2ncccn2)CC1. The second-order valence-corrected chi connectivity index (χ2v) is 10.0. The Labute approximate surface area is 183 Å². The molecule has 168 valence electrons. The van der Waals surface area contributed by atoms with Gasteiger partial charge in [0.15, 0.2) is 0 Å². The molecule has 31 heavy (non-hydrogen) atoms. The molecule has 2 aromatic rings. The molecule has 0 aliphatic carbocycles. The lowest BCUT2D eigenvalue weighted by atomic mass is 9.93. The summed E-state index contributed by atoms with van der Waals surface area (Å²) < 4.78 is 32.9. The average molecular weight is 447 g/mol. The van der Waals surface area contributed by atoms with E-state index in [1.165, 1.54) is 6.26 Å². The third-order valence-electron chi connectivity index (χ3n) is 5.90. The second kappa shape index (κ2) is 9.88. The Morgan fingerprint density at radius 1 is 1.00 bits per heavy atom. The number of piperidine rings is 2. The summed E-state index contributed by atoms with van der Waals surface area (Å²) >= 11 is 0. The van der Waals surface area contributed by atoms with Crippen LogP contribution in [0.2, 0.25) is 0 Å². The highest BCUT2D eigenvalue weighted by atomic mass is 32.2. The highest BCUT2D eigenvalue weighted by Crippen LogP contribution is 2.25. The van der Waals surface area contributed by atoms with Gasteiger partial charge in [-0.15, -0.1) is 0 Å². The Morgan fingerprint density at radius 3 is 2.39 bits per heavy atom. The van der Waals surface area contributed by atoms with Crippen molar-refractivity contribution in [1.29, 1.82) is 0 Å². The van der Waals surface area contributed by atoms with Gasteiger partial charge in [0.25, 0.3) is 0 Å². The molecule has 0 radical (unpaired) electrons. The number of hydrogen-bond donors (Lipinski definition) is 1. The lowest BCUT2D eigenvalue weighted by Gasteiger charge is -2.40. The van der Waals surface area contributed by atoms with Crippen molar-refractivity contribution in [2.45, 2.75) is 31.4 Å². The molecule has 2 aliphatic heterocycles. The first-order valence-corrected chi connectivity index (χ1v) is 12.6. The number of anilines is 2. The predicted octanol–water partition coefficient (Wildman–Crippen LogP) is 1.30. The predicted molar refractivity (Wildman–Crippen MR) is 120 cm³/mol. The molecule has 2 fully saturated rings. The van der Waals surface area contributed by atoms with E-state index in [9.17, 15) is 8.42 Å². The molecule has 0 amide bonds. The number of pyridine rings is 1. The highest BCUT2D eigenvalue weighted by molar-refractivity contribution is 7.88. The quantitative estimate of drug-likeness (QED) is 0.679. The Balaban J connectivity index is 1.34. The summed E-state index contributed by atoms with van der Waals surface area (Å²) in [6, 6.07) is 7.55. The third kappa shape index (κ3) is 6.11. The molecule has 2 unspecified atom stereocenters. The van der Waals surface area contributed by atoms with Gasteiger partial charge in [0, 0.05) is 56.7 Å². The third-order valence-corrected chi connectivity index (χ3v) is 6.63. The number of rotatable bonds is 7. The minimum atomic E-state index is -3.28. The number of ether oxygens (including phenoxy) is 1. The normalized spacial score (nSPS) is 23.1. The first-order chi connectivity index (χ1) is 15.0. The van der Waals surface area contributed by atoms with Gasteiger partial charge in [-0.05, 0) is 37.5 Å². The Kier molecular flexibility index (Phi) is 6.99. The first kappa shape index (κ1) is 21.9. The van der Waals surface area contributed by atoms with Gasteiger partial charge in [-0.1, -0.05) is 6.07 Å². The lowest BCUT2D eigenvalue weighted by molar-refractivity contribution is 0.00744. The molecular formula is C21H30N6O3S. The Bertz CT molecular complexity index is 923. The van der Waals surface area contributed by atoms with Crippen molar-refractivity contribution in [1.82, 2.24) is 19.7 Å². The molecule has 0 bridgehead atoms. The zero-order chi connectivity index (χ0) is 21.7. The van der Waals surface area contributed by atoms with Gasteiger partial charge in [0.05, 0.1) is 19.0 Å². The van der Waals surface area contributed by atoms with Gasteiger partial charge < -0.3 is 14.5 Å². The van der Waals surface area contributed by atoms with Gasteiger partial charge in [0.2, 0.25) is 16.0 Å². The van der Waals surface area contributed by atoms with Gasteiger partial charge >= 0.3 is 0 Å². The van der Waals surface area contributed by atoms with E-state index in [-0.39, 0.29) is 18.1 Å². The largest absolute Gasteiger partial charge is 0.378 e. The topological polar surface area (TPSA) is 101 Å². The summed E-state index contributed by atoms with van der Waals surface area (Å²) in [5.74, 6) is 1.74. The summed E-state index contributed by atoms with van der Waals surface area (Å²) in [4.78, 5) is 17.5. The van der Waals surface area contributed by atoms with Crippen molar-refractivity contribution < 1.29 is 13.2 Å². The fraction of sp³-hybridized carbons (Fsp3) is 0.571. The van der Waals surface area contributed by atoms with Crippen LogP contribution >= 0.6 is 0 Å². The zero-order valence-electron chi connectivity index (χ0n) is 17.8. The van der Waals surface area contributed by atoms with E-state index in [1.807, 2.05) is 24.3 Å². The van der Waals surface area contributed by atoms with Crippen molar-refractivity contribution in [3.05, 3.63) is 42.9 Å². The van der Waals surface area contributed by atoms with Crippen LogP contribution in [0.4, 0.5) is 11.8 Å². The van der Waals surface area contributed by atoms with Crippen molar-refractivity contribution in [2.24, 2.45) is 5.92 Å². The first-order valence-electron chi connectivity index (χ1n) is 10.7. The monoisotopic (exact) mass is 446 g/mol. The van der Waals surface area contributed by atoms with Gasteiger partial charge in [-0.3, -0.25) is 0 Å². The van der Waals surface area contributed by atoms with E-state index in [4.69, 9.17) is 4.74 Å². The molecule has 2 atom stereocenters. The van der Waals surface area contributed by atoms with Crippen molar-refractivity contribution in [3.8, 4) is 0 Å². The minimum Gasteiger partial charge on any atom is -0.378 e. The molecule has 4 heterocycles. The molecule has 2 saturated heterocycles. The molecule has 9 nitrogen and oxygen atoms in total. The van der Waals surface area contributed by atoms with Crippen LogP contribution in [-0.2, 0) is 14.8 Å². The fourth-order valence-corrected chi connectivity index (χ4v) is 5.18. The average Bonchev–Trinajstić information content (AvgIpc) is 2.79. The fourth-order valence-electron chi connectivity index (χ4n) is 4.32. The maximum absolute atomic E-state index is 11.9. The van der Waals surface area contributed by atoms with E-state index >= 15 is 0 Å². The van der Waals surface area contributed by atoms with Crippen LogP contribution in [0.3, 0.4) is 0 Å². The van der Waals surface area contributed by atoms with Crippen molar-refractivity contribution in [2.75, 3.05) is 48.8 Å². The summed E-state index contributed by atoms with van der Waals surface area (Å²) in [6.45, 7) is 3.69. The number of nitrogens with one attached hydrogen (secondary N) is 1. The molecule has 10 heteroatoms. The molecule has 0 aromatic carbocycles. The van der Waals surface area contributed by atoms with Crippen molar-refractivity contribution >= 4 is 21.8 Å². The summed E-state index contributed by atoms with van der Waals surface area (Å²) in [7, 11) is -3.28. The standard InChI is InChI=1S/C21H30N6O3S/c1-31(28,29)25-19-8-14-27(20-5-2-3-9-22-20)15-17(19)16-30-18-6-12-26(13-7-18)21-23-10-4-11-24-21/h2-5,9-11,17-19,25H,6-8,12-16H2,1H3. The van der Waals surface area contributed by atoms with Crippen LogP contribution in [-0.4, -0.2) is 74.6 Å². The number of hydrogen-bond acceptors (Lipinski definition) is 8. The molecule has 1 N–H and O–H groups in total. The molecule has 2 aromatic heterocycles. The van der Waals surface area contributed by atoms with Gasteiger partial charge in [-0.25, -0.2) is 28.1 Å². The molecular weight excluding hydrogens is 416 g/mol. The zero-order valence-corrected chi connectivity index (χ0v) is 18.6. The summed E-state index contributed by atoms with van der Waals surface area (Å²) in [6.07, 6.45) is 9.21. The maximum Gasteiger partial charge on any atom is 0.225 e. The number of sulfonamides is 1. The summed E-state index contributed by atoms with van der Waals surface area (Å²) in [5, 5.41) is 0. The van der Waals surface area contributed by atoms with Crippen LogP contribution in [0.15, 0.2) is 42.9 Å². The van der Waals surface area contributed by atoms with E-state index in [0.29, 0.717) is 13.2 Å². The number of nitrogens with zero attached hydrogens (tertiary/aromatic N) is 5. The number of aromatic nitrogens is 3. The van der Waals surface area contributed by atoms with E-state index in [0.717, 1.165) is 50.7 Å². The minimum absolute atomic E-state index is 0.0565. The molecule has 0 saturated carbocycles. The van der Waals surface area contributed by atoms with E-state index in [2.05, 4.69) is 29.5 Å². The van der Waals surface area contributed by atoms with Gasteiger partial charge in [-0.2, -0.15) is 0 Å². The van der Waals surface area contributed by atoms with Crippen molar-refractivity contribution in [3.63, 3.8) is 0 Å². The van der Waals surface area contributed by atoms with Gasteiger partial charge in [0.1, 0.15) is 5.82 Å². The maximum atomic E-state index is 11.9. The highest BCUT2D eigenvalue weighted by Gasteiger charge is 2.33. The molecule has 2 aliphatic rings. The Hall–Kier alpha value is -2.30. The van der Waals surface area contributed by atoms with E-state index in [1.54, 1.807) is 18.6 Å². The van der Waals surface area contributed by atoms with Crippen LogP contribution in [0, 0.1) is 5.92 Å². The Morgan fingerprint density at radius 2 is 1.71 bits per heavy atom. The van der Waals surface area contributed by atoms with Crippen LogP contribution in [0.5, 0.6) is 0 Å². The van der Waals surface area contributed by atoms with Crippen LogP contribution in [0.1, 0.15) is 19.3 Å². The second-order valence-electron chi connectivity index (χ2n) is 8.25. The van der Waals surface area contributed by atoms with Crippen LogP contribution < -0.4 is 14.5 Å². The molecule has 0 spiro atoms. The molecule has 4 rings (SSSR count).